The number of nitrogens with zero attached hydrogens (tertiary/aromatic N) is 1. The van der Waals surface area contributed by atoms with Crippen molar-refractivity contribution in [3.05, 3.63) is 29.6 Å². The zero-order valence-corrected chi connectivity index (χ0v) is 11.3. The molecule has 1 aliphatic heterocycles. The van der Waals surface area contributed by atoms with E-state index >= 15 is 0 Å². The summed E-state index contributed by atoms with van der Waals surface area (Å²) < 4.78 is 0. The third-order valence-corrected chi connectivity index (χ3v) is 4.04. The summed E-state index contributed by atoms with van der Waals surface area (Å²) in [5.41, 5.74) is 9.19. The Bertz CT molecular complexity index is 378. The molecule has 5 heteroatoms. The summed E-state index contributed by atoms with van der Waals surface area (Å²) in [6.07, 6.45) is 5.33. The minimum Gasteiger partial charge on any atom is -0.323 e. The van der Waals surface area contributed by atoms with Crippen LogP contribution in [-0.4, -0.2) is 18.1 Å². The summed E-state index contributed by atoms with van der Waals surface area (Å²) in [6, 6.07) is 4.34. The van der Waals surface area contributed by atoms with Gasteiger partial charge in [0.05, 0.1) is 0 Å². The molecule has 96 valence electrons. The van der Waals surface area contributed by atoms with Crippen molar-refractivity contribution in [2.75, 3.05) is 13.1 Å². The number of aromatic nitrogens is 1. The summed E-state index contributed by atoms with van der Waals surface area (Å²) in [6.45, 7) is 2.20. The summed E-state index contributed by atoms with van der Waals surface area (Å²) in [5.74, 6) is 0. The predicted molar refractivity (Wildman–Crippen MR) is 73.9 cm³/mol. The summed E-state index contributed by atoms with van der Waals surface area (Å²) in [5, 5.41) is 3.41. The molecule has 1 aromatic heterocycles. The van der Waals surface area contributed by atoms with Crippen molar-refractivity contribution < 1.29 is 0 Å². The highest BCUT2D eigenvalue weighted by Crippen LogP contribution is 2.48. The minimum atomic E-state index is 0. The Morgan fingerprint density at radius 2 is 2.00 bits per heavy atom. The number of halogens is 2. The number of rotatable bonds is 0. The first-order valence-corrected chi connectivity index (χ1v) is 5.72. The second kappa shape index (κ2) is 5.53. The SMILES string of the molecule is Cl.Cl.NC1c2cccnc2CC12CCNCC2. The van der Waals surface area contributed by atoms with E-state index in [4.69, 9.17) is 5.73 Å². The Labute approximate surface area is 114 Å². The Hall–Kier alpha value is -0.350. The lowest BCUT2D eigenvalue weighted by atomic mass is 9.74. The fourth-order valence-electron chi connectivity index (χ4n) is 3.07. The first-order chi connectivity index (χ1) is 7.32. The predicted octanol–water partition coefficient (Wildman–Crippen LogP) is 1.85. The number of hydrogen-bond acceptors (Lipinski definition) is 3. The van der Waals surface area contributed by atoms with Crippen LogP contribution in [0.1, 0.15) is 30.1 Å². The smallest absolute Gasteiger partial charge is 0.0457 e. The van der Waals surface area contributed by atoms with Crippen LogP contribution < -0.4 is 11.1 Å². The van der Waals surface area contributed by atoms with Gasteiger partial charge in [-0.25, -0.2) is 0 Å². The van der Waals surface area contributed by atoms with Crippen molar-refractivity contribution in [3.63, 3.8) is 0 Å². The minimum absolute atomic E-state index is 0. The van der Waals surface area contributed by atoms with Gasteiger partial charge in [-0.2, -0.15) is 0 Å². The molecule has 1 spiro atoms. The molecule has 1 aliphatic carbocycles. The van der Waals surface area contributed by atoms with Crippen molar-refractivity contribution in [2.24, 2.45) is 11.1 Å². The molecule has 0 amide bonds. The Morgan fingerprint density at radius 1 is 1.29 bits per heavy atom. The number of nitrogens with two attached hydrogens (primary N) is 1. The van der Waals surface area contributed by atoms with Crippen LogP contribution in [0.5, 0.6) is 0 Å². The fourth-order valence-corrected chi connectivity index (χ4v) is 3.07. The maximum Gasteiger partial charge on any atom is 0.0457 e. The van der Waals surface area contributed by atoms with E-state index in [1.807, 2.05) is 12.3 Å². The van der Waals surface area contributed by atoms with Gasteiger partial charge in [0.2, 0.25) is 0 Å². The topological polar surface area (TPSA) is 50.9 Å². The van der Waals surface area contributed by atoms with Gasteiger partial charge in [-0.15, -0.1) is 24.8 Å². The summed E-state index contributed by atoms with van der Waals surface area (Å²) in [4.78, 5) is 4.46. The molecule has 0 aromatic carbocycles. The van der Waals surface area contributed by atoms with Crippen LogP contribution in [0.15, 0.2) is 18.3 Å². The monoisotopic (exact) mass is 275 g/mol. The molecule has 3 rings (SSSR count). The molecule has 1 fully saturated rings. The van der Waals surface area contributed by atoms with Gasteiger partial charge < -0.3 is 11.1 Å². The van der Waals surface area contributed by atoms with E-state index in [0.29, 0.717) is 5.41 Å². The normalized spacial score (nSPS) is 24.6. The molecule has 0 radical (unpaired) electrons. The second-order valence-corrected chi connectivity index (χ2v) is 4.81. The van der Waals surface area contributed by atoms with Crippen LogP contribution in [0.25, 0.3) is 0 Å². The zero-order valence-electron chi connectivity index (χ0n) is 9.69. The molecule has 3 N–H and O–H groups in total. The van der Waals surface area contributed by atoms with Crippen LogP contribution in [-0.2, 0) is 6.42 Å². The van der Waals surface area contributed by atoms with E-state index in [1.54, 1.807) is 0 Å². The van der Waals surface area contributed by atoms with E-state index in [9.17, 15) is 0 Å². The quantitative estimate of drug-likeness (QED) is 0.760. The number of pyridine rings is 1. The van der Waals surface area contributed by atoms with E-state index in [1.165, 1.54) is 24.1 Å². The zero-order chi connectivity index (χ0) is 10.3. The summed E-state index contributed by atoms with van der Waals surface area (Å²) in [7, 11) is 0. The van der Waals surface area contributed by atoms with E-state index in [0.717, 1.165) is 19.5 Å². The van der Waals surface area contributed by atoms with Gasteiger partial charge in [-0.3, -0.25) is 4.98 Å². The third-order valence-electron chi connectivity index (χ3n) is 4.04. The molecule has 1 saturated heterocycles. The van der Waals surface area contributed by atoms with Gasteiger partial charge >= 0.3 is 0 Å². The maximum atomic E-state index is 6.39. The Balaban J connectivity index is 0.000000722. The summed E-state index contributed by atoms with van der Waals surface area (Å²) >= 11 is 0. The average Bonchev–Trinajstić information content (AvgIpc) is 2.54. The molecule has 2 aliphatic rings. The fraction of sp³-hybridized carbons (Fsp3) is 0.583. The number of nitrogens with one attached hydrogen (secondary N) is 1. The molecule has 3 nitrogen and oxygen atoms in total. The highest BCUT2D eigenvalue weighted by Gasteiger charge is 2.45. The number of hydrogen-bond donors (Lipinski definition) is 2. The third kappa shape index (κ3) is 2.29. The first kappa shape index (κ1) is 14.7. The molecular weight excluding hydrogens is 257 g/mol. The number of piperidine rings is 1. The molecule has 0 bridgehead atoms. The van der Waals surface area contributed by atoms with E-state index in [-0.39, 0.29) is 30.9 Å². The van der Waals surface area contributed by atoms with Gasteiger partial charge in [0.25, 0.3) is 0 Å². The van der Waals surface area contributed by atoms with Crippen LogP contribution in [0.2, 0.25) is 0 Å². The molecule has 0 saturated carbocycles. The second-order valence-electron chi connectivity index (χ2n) is 4.81. The standard InChI is InChI=1S/C12H17N3.2ClH/c13-11-9-2-1-5-15-10(9)8-12(11)3-6-14-7-4-12;;/h1-2,5,11,14H,3-4,6-8,13H2;2*1H. The van der Waals surface area contributed by atoms with Crippen LogP contribution in [0.3, 0.4) is 0 Å². The van der Waals surface area contributed by atoms with Crippen molar-refractivity contribution >= 4 is 24.8 Å². The molecular formula is C12H19Cl2N3. The van der Waals surface area contributed by atoms with Crippen LogP contribution in [0, 0.1) is 5.41 Å². The lowest BCUT2D eigenvalue weighted by Crippen LogP contribution is -2.42. The van der Waals surface area contributed by atoms with Gasteiger partial charge in [-0.05, 0) is 49.4 Å². The molecule has 17 heavy (non-hydrogen) atoms. The Morgan fingerprint density at radius 3 is 2.65 bits per heavy atom. The molecule has 2 heterocycles. The highest BCUT2D eigenvalue weighted by atomic mass is 35.5. The largest absolute Gasteiger partial charge is 0.323 e. The number of fused-ring (bicyclic) bond motifs is 1. The van der Waals surface area contributed by atoms with Gasteiger partial charge in [-0.1, -0.05) is 6.07 Å². The molecule has 1 aromatic rings. The first-order valence-electron chi connectivity index (χ1n) is 5.72. The van der Waals surface area contributed by atoms with E-state index < -0.39 is 0 Å². The highest BCUT2D eigenvalue weighted by molar-refractivity contribution is 5.85. The van der Waals surface area contributed by atoms with Crippen molar-refractivity contribution in [2.45, 2.75) is 25.3 Å². The lowest BCUT2D eigenvalue weighted by molar-refractivity contribution is 0.173. The molecule has 1 atom stereocenters. The lowest BCUT2D eigenvalue weighted by Gasteiger charge is -2.37. The van der Waals surface area contributed by atoms with Crippen molar-refractivity contribution in [1.29, 1.82) is 0 Å². The Kier molecular flexibility index (Phi) is 4.78. The van der Waals surface area contributed by atoms with E-state index in [2.05, 4.69) is 16.4 Å². The average molecular weight is 276 g/mol. The maximum absolute atomic E-state index is 6.39. The van der Waals surface area contributed by atoms with Crippen molar-refractivity contribution in [3.8, 4) is 0 Å². The van der Waals surface area contributed by atoms with Gasteiger partial charge in [0.1, 0.15) is 0 Å². The van der Waals surface area contributed by atoms with Crippen molar-refractivity contribution in [1.82, 2.24) is 10.3 Å². The molecule has 1 unspecified atom stereocenters. The van der Waals surface area contributed by atoms with Gasteiger partial charge in [0.15, 0.2) is 0 Å². The van der Waals surface area contributed by atoms with Gasteiger partial charge in [0, 0.05) is 17.9 Å². The van der Waals surface area contributed by atoms with Crippen LogP contribution >= 0.6 is 24.8 Å². The van der Waals surface area contributed by atoms with Crippen LogP contribution in [0.4, 0.5) is 0 Å².